The Kier molecular flexibility index (Phi) is 4.44. The van der Waals surface area contributed by atoms with Gasteiger partial charge in [0.05, 0.1) is 30.1 Å². The Morgan fingerprint density at radius 3 is 2.82 bits per heavy atom. The Hall–Kier alpha value is -1.48. The van der Waals surface area contributed by atoms with Gasteiger partial charge < -0.3 is 0 Å². The third kappa shape index (κ3) is 3.30. The standard InChI is InChI=1S/C13H7ClN2O3S3/c14-12-4-3-10(21-12)9(17)6-20-13-15-8-2-1-7(16(18)19)5-11(8)22-13/h1-5H,6H2. The van der Waals surface area contributed by atoms with Crippen LogP contribution in [0.15, 0.2) is 34.7 Å². The maximum atomic E-state index is 12.0. The van der Waals surface area contributed by atoms with E-state index in [0.717, 1.165) is 4.70 Å². The summed E-state index contributed by atoms with van der Waals surface area (Å²) in [4.78, 5) is 27.3. The molecule has 0 unspecified atom stereocenters. The van der Waals surface area contributed by atoms with E-state index in [-0.39, 0.29) is 17.2 Å². The van der Waals surface area contributed by atoms with Gasteiger partial charge in [-0.15, -0.1) is 22.7 Å². The van der Waals surface area contributed by atoms with Crippen LogP contribution in [0.3, 0.4) is 0 Å². The molecule has 0 aliphatic rings. The van der Waals surface area contributed by atoms with Crippen LogP contribution in [0.25, 0.3) is 10.2 Å². The molecule has 2 heterocycles. The second-order valence-electron chi connectivity index (χ2n) is 4.20. The molecule has 0 saturated carbocycles. The van der Waals surface area contributed by atoms with Gasteiger partial charge in [0.15, 0.2) is 10.1 Å². The molecule has 22 heavy (non-hydrogen) atoms. The van der Waals surface area contributed by atoms with Crippen LogP contribution in [0.4, 0.5) is 5.69 Å². The summed E-state index contributed by atoms with van der Waals surface area (Å²) in [7, 11) is 0. The van der Waals surface area contributed by atoms with Crippen LogP contribution in [0, 0.1) is 10.1 Å². The van der Waals surface area contributed by atoms with Gasteiger partial charge in [-0.1, -0.05) is 23.4 Å². The van der Waals surface area contributed by atoms with E-state index in [4.69, 9.17) is 11.6 Å². The minimum absolute atomic E-state index is 0.00728. The molecule has 0 bridgehead atoms. The van der Waals surface area contributed by atoms with Gasteiger partial charge in [0.25, 0.3) is 5.69 Å². The minimum atomic E-state index is -0.434. The van der Waals surface area contributed by atoms with Crippen molar-refractivity contribution in [1.29, 1.82) is 0 Å². The summed E-state index contributed by atoms with van der Waals surface area (Å²) in [5.41, 5.74) is 0.738. The second kappa shape index (κ2) is 6.33. The lowest BCUT2D eigenvalue weighted by atomic mass is 10.3. The zero-order chi connectivity index (χ0) is 15.7. The monoisotopic (exact) mass is 370 g/mol. The van der Waals surface area contributed by atoms with Crippen molar-refractivity contribution in [3.8, 4) is 0 Å². The number of halogens is 1. The molecule has 0 saturated heterocycles. The summed E-state index contributed by atoms with van der Waals surface area (Å²) in [5.74, 6) is 0.255. The molecule has 1 aromatic carbocycles. The number of Topliss-reactive ketones (excluding diaryl/α,β-unsaturated/α-hetero) is 1. The first-order valence-electron chi connectivity index (χ1n) is 5.99. The number of thiophene rings is 1. The molecule has 0 N–H and O–H groups in total. The molecule has 3 rings (SSSR count). The van der Waals surface area contributed by atoms with E-state index in [1.165, 1.54) is 46.6 Å². The van der Waals surface area contributed by atoms with Gasteiger partial charge in [-0.3, -0.25) is 14.9 Å². The van der Waals surface area contributed by atoms with Crippen LogP contribution < -0.4 is 0 Å². The predicted molar refractivity (Wildman–Crippen MR) is 90.7 cm³/mol. The number of carbonyl (C=O) groups excluding carboxylic acids is 1. The number of nitro benzene ring substituents is 1. The molecule has 5 nitrogen and oxygen atoms in total. The molecular weight excluding hydrogens is 364 g/mol. The predicted octanol–water partition coefficient (Wildman–Crippen LogP) is 4.89. The summed E-state index contributed by atoms with van der Waals surface area (Å²) in [5, 5.41) is 10.8. The van der Waals surface area contributed by atoms with Crippen LogP contribution in [0.2, 0.25) is 4.34 Å². The summed E-state index contributed by atoms with van der Waals surface area (Å²) in [6, 6.07) is 7.95. The Morgan fingerprint density at radius 2 is 2.14 bits per heavy atom. The molecule has 0 spiro atoms. The van der Waals surface area contributed by atoms with E-state index in [0.29, 0.717) is 19.1 Å². The highest BCUT2D eigenvalue weighted by Crippen LogP contribution is 2.32. The van der Waals surface area contributed by atoms with Crippen molar-refractivity contribution in [1.82, 2.24) is 4.98 Å². The van der Waals surface area contributed by atoms with Gasteiger partial charge in [0.2, 0.25) is 0 Å². The maximum absolute atomic E-state index is 12.0. The van der Waals surface area contributed by atoms with Crippen LogP contribution in [0.5, 0.6) is 0 Å². The highest BCUT2D eigenvalue weighted by Gasteiger charge is 2.13. The number of nitrogens with zero attached hydrogens (tertiary/aromatic N) is 2. The van der Waals surface area contributed by atoms with Gasteiger partial charge in [0.1, 0.15) is 0 Å². The molecular formula is C13H7ClN2O3S3. The molecule has 3 aromatic rings. The van der Waals surface area contributed by atoms with Gasteiger partial charge in [0, 0.05) is 12.1 Å². The number of rotatable bonds is 5. The highest BCUT2D eigenvalue weighted by atomic mass is 35.5. The number of thioether (sulfide) groups is 1. The van der Waals surface area contributed by atoms with Gasteiger partial charge in [-0.25, -0.2) is 4.98 Å². The maximum Gasteiger partial charge on any atom is 0.270 e. The first-order valence-corrected chi connectivity index (χ1v) is 8.99. The topological polar surface area (TPSA) is 73.1 Å². The van der Waals surface area contributed by atoms with Gasteiger partial charge in [-0.2, -0.15) is 0 Å². The number of carbonyl (C=O) groups is 1. The number of non-ortho nitro benzene ring substituents is 1. The third-order valence-corrected chi connectivity index (χ3v) is 6.17. The molecule has 0 aliphatic carbocycles. The van der Waals surface area contributed by atoms with E-state index in [1.54, 1.807) is 18.2 Å². The fourth-order valence-corrected chi connectivity index (χ4v) is 4.79. The number of benzene rings is 1. The Bertz CT molecular complexity index is 874. The lowest BCUT2D eigenvalue weighted by Gasteiger charge is -1.94. The fourth-order valence-electron chi connectivity index (χ4n) is 1.73. The summed E-state index contributed by atoms with van der Waals surface area (Å²) >= 11 is 9.73. The quantitative estimate of drug-likeness (QED) is 0.276. The number of hydrogen-bond acceptors (Lipinski definition) is 7. The van der Waals surface area contributed by atoms with Crippen LogP contribution in [-0.2, 0) is 0 Å². The van der Waals surface area contributed by atoms with Crippen LogP contribution >= 0.6 is 46.0 Å². The summed E-state index contributed by atoms with van der Waals surface area (Å²) < 4.78 is 2.04. The van der Waals surface area contributed by atoms with Crippen molar-refractivity contribution >= 4 is 67.7 Å². The van der Waals surface area contributed by atoms with E-state index < -0.39 is 4.92 Å². The van der Waals surface area contributed by atoms with E-state index in [9.17, 15) is 14.9 Å². The van der Waals surface area contributed by atoms with Crippen molar-refractivity contribution < 1.29 is 9.72 Å². The van der Waals surface area contributed by atoms with Crippen molar-refractivity contribution in [2.24, 2.45) is 0 Å². The lowest BCUT2D eigenvalue weighted by Crippen LogP contribution is -1.98. The highest BCUT2D eigenvalue weighted by molar-refractivity contribution is 8.01. The van der Waals surface area contributed by atoms with E-state index in [1.807, 2.05) is 0 Å². The number of hydrogen-bond donors (Lipinski definition) is 0. The average Bonchev–Trinajstić information content (AvgIpc) is 3.09. The Labute approximate surface area is 142 Å². The molecule has 112 valence electrons. The summed E-state index contributed by atoms with van der Waals surface area (Å²) in [6.07, 6.45) is 0. The molecule has 2 aromatic heterocycles. The average molecular weight is 371 g/mol. The number of thiazole rings is 1. The third-order valence-electron chi connectivity index (χ3n) is 2.74. The molecule has 0 aliphatic heterocycles. The molecule has 0 amide bonds. The van der Waals surface area contributed by atoms with Crippen LogP contribution in [0.1, 0.15) is 9.67 Å². The van der Waals surface area contributed by atoms with Crippen molar-refractivity contribution in [3.05, 3.63) is 49.7 Å². The largest absolute Gasteiger partial charge is 0.292 e. The van der Waals surface area contributed by atoms with Crippen molar-refractivity contribution in [3.63, 3.8) is 0 Å². The van der Waals surface area contributed by atoms with Crippen LogP contribution in [-0.4, -0.2) is 21.4 Å². The Morgan fingerprint density at radius 1 is 1.32 bits per heavy atom. The Balaban J connectivity index is 1.74. The summed E-state index contributed by atoms with van der Waals surface area (Å²) in [6.45, 7) is 0. The number of ketones is 1. The number of nitro groups is 1. The zero-order valence-electron chi connectivity index (χ0n) is 10.8. The minimum Gasteiger partial charge on any atom is -0.292 e. The second-order valence-corrected chi connectivity index (χ2v) is 8.17. The normalized spacial score (nSPS) is 11.0. The fraction of sp³-hybridized carbons (Fsp3) is 0.0769. The molecule has 0 radical (unpaired) electrons. The molecule has 9 heteroatoms. The SMILES string of the molecule is O=C(CSc1nc2ccc([N+](=O)[O-])cc2s1)c1ccc(Cl)s1. The van der Waals surface area contributed by atoms with Gasteiger partial charge in [-0.05, 0) is 18.2 Å². The number of fused-ring (bicyclic) bond motifs is 1. The van der Waals surface area contributed by atoms with E-state index in [2.05, 4.69) is 4.98 Å². The zero-order valence-corrected chi connectivity index (χ0v) is 14.0. The molecule has 0 atom stereocenters. The van der Waals surface area contributed by atoms with Gasteiger partial charge >= 0.3 is 0 Å². The molecule has 0 fully saturated rings. The van der Waals surface area contributed by atoms with Crippen molar-refractivity contribution in [2.45, 2.75) is 4.34 Å². The smallest absolute Gasteiger partial charge is 0.270 e. The first kappa shape index (κ1) is 15.4. The van der Waals surface area contributed by atoms with Crippen molar-refractivity contribution in [2.75, 3.05) is 5.75 Å². The van der Waals surface area contributed by atoms with E-state index >= 15 is 0 Å². The number of aromatic nitrogens is 1. The first-order chi connectivity index (χ1) is 10.5. The lowest BCUT2D eigenvalue weighted by molar-refractivity contribution is -0.384.